The van der Waals surface area contributed by atoms with Crippen molar-refractivity contribution in [2.45, 2.75) is 25.1 Å². The highest BCUT2D eigenvalue weighted by atomic mass is 32.1. The van der Waals surface area contributed by atoms with Gasteiger partial charge < -0.3 is 15.4 Å². The van der Waals surface area contributed by atoms with Gasteiger partial charge in [0.25, 0.3) is 0 Å². The number of fused-ring (bicyclic) bond motifs is 3. The molecule has 104 valence electrons. The van der Waals surface area contributed by atoms with E-state index in [0.29, 0.717) is 5.11 Å². The Kier molecular flexibility index (Phi) is 2.85. The van der Waals surface area contributed by atoms with Crippen molar-refractivity contribution in [1.29, 1.82) is 0 Å². The summed E-state index contributed by atoms with van der Waals surface area (Å²) in [5.74, 6) is 0. The lowest BCUT2D eigenvalue weighted by atomic mass is 10.1. The molecule has 2 N–H and O–H groups in total. The maximum atomic E-state index is 5.67. The van der Waals surface area contributed by atoms with E-state index in [9.17, 15) is 0 Å². The standard InChI is InChI=1S/C14H16N4OS/c20-14-16-13-12(10-5-1-2-6-11(10)15-13)17-18(14)8-9-4-3-7-19-9/h1-2,5-6,9,13,15H,3-4,7-8H2,(H,16,20)/t9-,13-/m0/s1. The van der Waals surface area contributed by atoms with E-state index in [1.807, 2.05) is 17.1 Å². The molecule has 0 aromatic heterocycles. The third-order valence-corrected chi connectivity index (χ3v) is 4.24. The summed E-state index contributed by atoms with van der Waals surface area (Å²) >= 11 is 5.41. The normalized spacial score (nSPS) is 27.5. The Morgan fingerprint density at radius 3 is 3.10 bits per heavy atom. The van der Waals surface area contributed by atoms with Crippen LogP contribution in [0.4, 0.5) is 5.69 Å². The average Bonchev–Trinajstić information content (AvgIpc) is 3.07. The summed E-state index contributed by atoms with van der Waals surface area (Å²) in [6.07, 6.45) is 2.44. The maximum absolute atomic E-state index is 5.67. The Morgan fingerprint density at radius 1 is 1.35 bits per heavy atom. The highest BCUT2D eigenvalue weighted by Crippen LogP contribution is 2.27. The van der Waals surface area contributed by atoms with Crippen LogP contribution in [-0.2, 0) is 4.74 Å². The minimum Gasteiger partial charge on any atom is -0.376 e. The monoisotopic (exact) mass is 288 g/mol. The van der Waals surface area contributed by atoms with Gasteiger partial charge in [-0.3, -0.25) is 0 Å². The Hall–Kier alpha value is -1.66. The minimum absolute atomic E-state index is 0.0133. The van der Waals surface area contributed by atoms with Gasteiger partial charge in [-0.25, -0.2) is 5.01 Å². The number of benzene rings is 1. The number of hydrogen-bond donors (Lipinski definition) is 2. The van der Waals surface area contributed by atoms with Crippen LogP contribution in [0.2, 0.25) is 0 Å². The highest BCUT2D eigenvalue weighted by Gasteiger charge is 2.34. The van der Waals surface area contributed by atoms with Gasteiger partial charge in [-0.2, -0.15) is 5.10 Å². The summed E-state index contributed by atoms with van der Waals surface area (Å²) in [7, 11) is 0. The van der Waals surface area contributed by atoms with Crippen LogP contribution in [-0.4, -0.2) is 41.3 Å². The number of nitrogens with one attached hydrogen (secondary N) is 2. The summed E-state index contributed by atoms with van der Waals surface area (Å²) in [4.78, 5) is 0. The average molecular weight is 288 g/mol. The fraction of sp³-hybridized carbons (Fsp3) is 0.429. The summed E-state index contributed by atoms with van der Waals surface area (Å²) in [6, 6.07) is 8.20. The molecule has 0 amide bonds. The minimum atomic E-state index is -0.0133. The van der Waals surface area contributed by atoms with Gasteiger partial charge in [-0.05, 0) is 31.1 Å². The lowest BCUT2D eigenvalue weighted by Crippen LogP contribution is -2.54. The van der Waals surface area contributed by atoms with Gasteiger partial charge in [-0.1, -0.05) is 18.2 Å². The van der Waals surface area contributed by atoms with Crippen LogP contribution < -0.4 is 10.6 Å². The van der Waals surface area contributed by atoms with Gasteiger partial charge in [0, 0.05) is 17.9 Å². The number of hydrogen-bond acceptors (Lipinski definition) is 4. The first-order valence-electron chi connectivity index (χ1n) is 6.95. The zero-order valence-corrected chi connectivity index (χ0v) is 11.8. The largest absolute Gasteiger partial charge is 0.376 e. The van der Waals surface area contributed by atoms with Crippen molar-refractivity contribution in [3.8, 4) is 0 Å². The summed E-state index contributed by atoms with van der Waals surface area (Å²) in [5, 5.41) is 14.0. The second-order valence-corrected chi connectivity index (χ2v) is 5.66. The molecule has 3 aliphatic rings. The molecule has 0 saturated carbocycles. The van der Waals surface area contributed by atoms with Crippen molar-refractivity contribution in [2.75, 3.05) is 18.5 Å². The second-order valence-electron chi connectivity index (χ2n) is 5.27. The second kappa shape index (κ2) is 4.71. The Morgan fingerprint density at radius 2 is 2.25 bits per heavy atom. The van der Waals surface area contributed by atoms with Crippen LogP contribution in [0, 0.1) is 0 Å². The molecule has 0 bridgehead atoms. The SMILES string of the molecule is S=C1N[C@@H]2Nc3ccccc3C2=NN1C[C@@H]1CCCO1. The third-order valence-electron chi connectivity index (χ3n) is 3.91. The molecule has 5 nitrogen and oxygen atoms in total. The molecule has 1 fully saturated rings. The first-order valence-corrected chi connectivity index (χ1v) is 7.36. The van der Waals surface area contributed by atoms with E-state index < -0.39 is 0 Å². The lowest BCUT2D eigenvalue weighted by molar-refractivity contribution is 0.0911. The van der Waals surface area contributed by atoms with Crippen molar-refractivity contribution in [1.82, 2.24) is 10.3 Å². The van der Waals surface area contributed by atoms with E-state index in [1.54, 1.807) is 0 Å². The molecule has 0 spiro atoms. The van der Waals surface area contributed by atoms with E-state index in [2.05, 4.69) is 22.8 Å². The number of rotatable bonds is 2. The van der Waals surface area contributed by atoms with E-state index in [0.717, 1.165) is 43.0 Å². The molecule has 0 aliphatic carbocycles. The highest BCUT2D eigenvalue weighted by molar-refractivity contribution is 7.80. The molecule has 1 aromatic rings. The quantitative estimate of drug-likeness (QED) is 0.808. The van der Waals surface area contributed by atoms with E-state index in [4.69, 9.17) is 22.1 Å². The predicted molar refractivity (Wildman–Crippen MR) is 81.8 cm³/mol. The molecular weight excluding hydrogens is 272 g/mol. The number of para-hydroxylation sites is 1. The molecule has 3 aliphatic heterocycles. The molecule has 0 radical (unpaired) electrons. The van der Waals surface area contributed by atoms with Crippen LogP contribution in [0.3, 0.4) is 0 Å². The lowest BCUT2D eigenvalue weighted by Gasteiger charge is -2.31. The number of thiocarbonyl (C=S) groups is 1. The van der Waals surface area contributed by atoms with Crippen molar-refractivity contribution in [3.63, 3.8) is 0 Å². The molecule has 4 rings (SSSR count). The van der Waals surface area contributed by atoms with Gasteiger partial charge in [0.15, 0.2) is 5.11 Å². The van der Waals surface area contributed by atoms with Gasteiger partial charge in [-0.15, -0.1) is 0 Å². The molecule has 2 atom stereocenters. The molecule has 3 heterocycles. The van der Waals surface area contributed by atoms with E-state index in [-0.39, 0.29) is 12.3 Å². The topological polar surface area (TPSA) is 48.9 Å². The number of ether oxygens (including phenoxy) is 1. The number of nitrogens with zero attached hydrogens (tertiary/aromatic N) is 2. The molecular formula is C14H16N4OS. The van der Waals surface area contributed by atoms with Crippen LogP contribution >= 0.6 is 12.2 Å². The van der Waals surface area contributed by atoms with Crippen LogP contribution in [0.25, 0.3) is 0 Å². The summed E-state index contributed by atoms with van der Waals surface area (Å²) < 4.78 is 5.67. The zero-order chi connectivity index (χ0) is 13.5. The van der Waals surface area contributed by atoms with Crippen molar-refractivity contribution in [3.05, 3.63) is 29.8 Å². The predicted octanol–water partition coefficient (Wildman–Crippen LogP) is 1.51. The Labute approximate surface area is 123 Å². The first-order chi connectivity index (χ1) is 9.81. The maximum Gasteiger partial charge on any atom is 0.191 e. The molecule has 0 unspecified atom stereocenters. The Balaban J connectivity index is 1.62. The fourth-order valence-corrected chi connectivity index (χ4v) is 3.14. The summed E-state index contributed by atoms with van der Waals surface area (Å²) in [6.45, 7) is 1.58. The molecule has 1 saturated heterocycles. The van der Waals surface area contributed by atoms with Crippen LogP contribution in [0.5, 0.6) is 0 Å². The van der Waals surface area contributed by atoms with Crippen molar-refractivity contribution >= 4 is 28.7 Å². The van der Waals surface area contributed by atoms with E-state index >= 15 is 0 Å². The van der Waals surface area contributed by atoms with Gasteiger partial charge >= 0.3 is 0 Å². The third kappa shape index (κ3) is 1.96. The van der Waals surface area contributed by atoms with E-state index in [1.165, 1.54) is 0 Å². The number of hydrazone groups is 1. The van der Waals surface area contributed by atoms with Crippen LogP contribution in [0.1, 0.15) is 18.4 Å². The zero-order valence-electron chi connectivity index (χ0n) is 11.0. The first kappa shape index (κ1) is 12.1. The van der Waals surface area contributed by atoms with Gasteiger partial charge in [0.1, 0.15) is 11.9 Å². The Bertz CT molecular complexity index is 582. The number of anilines is 1. The van der Waals surface area contributed by atoms with Crippen LogP contribution in [0.15, 0.2) is 29.4 Å². The van der Waals surface area contributed by atoms with Crippen molar-refractivity contribution < 1.29 is 4.74 Å². The van der Waals surface area contributed by atoms with Gasteiger partial charge in [0.2, 0.25) is 0 Å². The molecule has 1 aromatic carbocycles. The molecule has 6 heteroatoms. The molecule has 20 heavy (non-hydrogen) atoms. The fourth-order valence-electron chi connectivity index (χ4n) is 2.91. The smallest absolute Gasteiger partial charge is 0.191 e. The van der Waals surface area contributed by atoms with Gasteiger partial charge in [0.05, 0.1) is 12.6 Å². The summed E-state index contributed by atoms with van der Waals surface area (Å²) in [5.41, 5.74) is 3.25. The van der Waals surface area contributed by atoms with Crippen molar-refractivity contribution in [2.24, 2.45) is 5.10 Å².